The summed E-state index contributed by atoms with van der Waals surface area (Å²) in [6.07, 6.45) is 1.54. The molecule has 0 radical (unpaired) electrons. The number of hydrogen-bond donors (Lipinski definition) is 1. The molecule has 0 saturated carbocycles. The lowest BCUT2D eigenvalue weighted by Crippen LogP contribution is -1.99. The van der Waals surface area contributed by atoms with Crippen molar-refractivity contribution >= 4 is 11.0 Å². The second-order valence-corrected chi connectivity index (χ2v) is 3.77. The van der Waals surface area contributed by atoms with Crippen LogP contribution in [0, 0.1) is 0 Å². The molecule has 16 heavy (non-hydrogen) atoms. The van der Waals surface area contributed by atoms with Crippen molar-refractivity contribution in [2.24, 2.45) is 7.05 Å². The van der Waals surface area contributed by atoms with E-state index in [4.69, 9.17) is 9.84 Å². The van der Waals surface area contributed by atoms with Crippen molar-refractivity contribution in [2.45, 2.75) is 12.8 Å². The molecular weight excluding hydrogens is 204 g/mol. The van der Waals surface area contributed by atoms with Crippen LogP contribution in [-0.2, 0) is 13.5 Å². The van der Waals surface area contributed by atoms with Gasteiger partial charge in [-0.2, -0.15) is 0 Å². The van der Waals surface area contributed by atoms with Crippen molar-refractivity contribution < 1.29 is 9.84 Å². The number of imidazole rings is 1. The van der Waals surface area contributed by atoms with E-state index in [0.717, 1.165) is 35.4 Å². The lowest BCUT2D eigenvalue weighted by atomic mass is 10.3. The van der Waals surface area contributed by atoms with Crippen LogP contribution in [0.3, 0.4) is 0 Å². The van der Waals surface area contributed by atoms with Crippen molar-refractivity contribution in [2.75, 3.05) is 13.7 Å². The van der Waals surface area contributed by atoms with E-state index in [-0.39, 0.29) is 6.61 Å². The van der Waals surface area contributed by atoms with Gasteiger partial charge < -0.3 is 14.4 Å². The van der Waals surface area contributed by atoms with Crippen molar-refractivity contribution in [3.63, 3.8) is 0 Å². The molecule has 4 nitrogen and oxygen atoms in total. The first kappa shape index (κ1) is 11.0. The molecule has 1 aromatic carbocycles. The molecule has 1 N–H and O–H groups in total. The maximum absolute atomic E-state index is 8.82. The molecular formula is C12H16N2O2. The van der Waals surface area contributed by atoms with E-state index in [2.05, 4.69) is 9.55 Å². The molecule has 0 amide bonds. The number of aryl methyl sites for hydroxylation is 2. The zero-order valence-corrected chi connectivity index (χ0v) is 9.60. The number of fused-ring (bicyclic) bond motifs is 1. The molecule has 0 fully saturated rings. The van der Waals surface area contributed by atoms with Crippen LogP contribution < -0.4 is 4.74 Å². The highest BCUT2D eigenvalue weighted by atomic mass is 16.5. The zero-order chi connectivity index (χ0) is 11.5. The van der Waals surface area contributed by atoms with Gasteiger partial charge in [0.15, 0.2) is 0 Å². The van der Waals surface area contributed by atoms with Crippen LogP contribution in [0.1, 0.15) is 12.2 Å². The lowest BCUT2D eigenvalue weighted by molar-refractivity contribution is 0.287. The number of methoxy groups -OCH3 is 1. The standard InChI is InChI=1S/C12H16N2O2/c1-14-11-6-5-9(16-2)8-10(11)13-12(14)4-3-7-15/h5-6,8,15H,3-4,7H2,1-2H3. The van der Waals surface area contributed by atoms with Gasteiger partial charge in [-0.3, -0.25) is 0 Å². The number of aliphatic hydroxyl groups excluding tert-OH is 1. The fourth-order valence-electron chi connectivity index (χ4n) is 1.82. The van der Waals surface area contributed by atoms with Crippen LogP contribution in [0.5, 0.6) is 5.75 Å². The van der Waals surface area contributed by atoms with E-state index in [9.17, 15) is 0 Å². The summed E-state index contributed by atoms with van der Waals surface area (Å²) in [6, 6.07) is 5.86. The molecule has 4 heteroatoms. The van der Waals surface area contributed by atoms with E-state index >= 15 is 0 Å². The molecule has 86 valence electrons. The minimum Gasteiger partial charge on any atom is -0.497 e. The molecule has 0 bridgehead atoms. The van der Waals surface area contributed by atoms with Gasteiger partial charge in [0.05, 0.1) is 18.1 Å². The Morgan fingerprint density at radius 2 is 2.25 bits per heavy atom. The van der Waals surface area contributed by atoms with Crippen LogP contribution in [0.2, 0.25) is 0 Å². The van der Waals surface area contributed by atoms with Crippen LogP contribution in [0.15, 0.2) is 18.2 Å². The summed E-state index contributed by atoms with van der Waals surface area (Å²) in [4.78, 5) is 4.53. The van der Waals surface area contributed by atoms with Gasteiger partial charge in [-0.25, -0.2) is 4.98 Å². The largest absolute Gasteiger partial charge is 0.497 e. The Labute approximate surface area is 94.5 Å². The maximum Gasteiger partial charge on any atom is 0.121 e. The Balaban J connectivity index is 2.41. The van der Waals surface area contributed by atoms with Gasteiger partial charge in [0.25, 0.3) is 0 Å². The summed E-state index contributed by atoms with van der Waals surface area (Å²) in [5.74, 6) is 1.82. The molecule has 0 atom stereocenters. The minimum absolute atomic E-state index is 0.201. The SMILES string of the molecule is COc1ccc2c(c1)nc(CCCO)n2C. The summed E-state index contributed by atoms with van der Waals surface area (Å²) >= 11 is 0. The third-order valence-electron chi connectivity index (χ3n) is 2.74. The van der Waals surface area contributed by atoms with Crippen LogP contribution in [0.25, 0.3) is 11.0 Å². The van der Waals surface area contributed by atoms with Gasteiger partial charge in [-0.15, -0.1) is 0 Å². The Bertz CT molecular complexity index is 491. The number of rotatable bonds is 4. The Morgan fingerprint density at radius 3 is 2.94 bits per heavy atom. The topological polar surface area (TPSA) is 47.3 Å². The zero-order valence-electron chi connectivity index (χ0n) is 9.60. The fourth-order valence-corrected chi connectivity index (χ4v) is 1.82. The third-order valence-corrected chi connectivity index (χ3v) is 2.74. The van der Waals surface area contributed by atoms with Gasteiger partial charge >= 0.3 is 0 Å². The lowest BCUT2D eigenvalue weighted by Gasteiger charge is -2.01. The molecule has 0 aliphatic heterocycles. The van der Waals surface area contributed by atoms with E-state index in [1.807, 2.05) is 25.2 Å². The van der Waals surface area contributed by atoms with Crippen LogP contribution in [-0.4, -0.2) is 28.4 Å². The number of benzene rings is 1. The number of hydrogen-bond acceptors (Lipinski definition) is 3. The van der Waals surface area contributed by atoms with Gasteiger partial charge in [-0.1, -0.05) is 0 Å². The highest BCUT2D eigenvalue weighted by Gasteiger charge is 2.07. The Kier molecular flexibility index (Phi) is 3.10. The third kappa shape index (κ3) is 1.88. The first-order valence-corrected chi connectivity index (χ1v) is 5.36. The summed E-state index contributed by atoms with van der Waals surface area (Å²) in [6.45, 7) is 0.201. The second kappa shape index (κ2) is 4.53. The molecule has 1 aromatic heterocycles. The molecule has 0 aliphatic rings. The summed E-state index contributed by atoms with van der Waals surface area (Å²) in [7, 11) is 3.64. The van der Waals surface area contributed by atoms with Crippen molar-refractivity contribution in [1.82, 2.24) is 9.55 Å². The highest BCUT2D eigenvalue weighted by molar-refractivity contribution is 5.77. The summed E-state index contributed by atoms with van der Waals surface area (Å²) in [5.41, 5.74) is 2.03. The Morgan fingerprint density at radius 1 is 1.44 bits per heavy atom. The number of aliphatic hydroxyl groups is 1. The number of ether oxygens (including phenoxy) is 1. The molecule has 0 unspecified atom stereocenters. The van der Waals surface area contributed by atoms with E-state index in [1.165, 1.54) is 0 Å². The predicted molar refractivity (Wildman–Crippen MR) is 62.7 cm³/mol. The second-order valence-electron chi connectivity index (χ2n) is 3.77. The van der Waals surface area contributed by atoms with Crippen molar-refractivity contribution in [3.05, 3.63) is 24.0 Å². The summed E-state index contributed by atoms with van der Waals surface area (Å²) < 4.78 is 7.22. The number of nitrogens with zero attached hydrogens (tertiary/aromatic N) is 2. The minimum atomic E-state index is 0.201. The molecule has 2 aromatic rings. The normalized spacial score (nSPS) is 10.9. The monoisotopic (exact) mass is 220 g/mol. The van der Waals surface area contributed by atoms with Gasteiger partial charge in [-0.05, 0) is 18.6 Å². The smallest absolute Gasteiger partial charge is 0.121 e. The average molecular weight is 220 g/mol. The average Bonchev–Trinajstić information content (AvgIpc) is 2.63. The van der Waals surface area contributed by atoms with E-state index < -0.39 is 0 Å². The highest BCUT2D eigenvalue weighted by Crippen LogP contribution is 2.21. The van der Waals surface area contributed by atoms with Crippen LogP contribution >= 0.6 is 0 Å². The Hall–Kier alpha value is -1.55. The quantitative estimate of drug-likeness (QED) is 0.849. The van der Waals surface area contributed by atoms with Gasteiger partial charge in [0.1, 0.15) is 11.6 Å². The van der Waals surface area contributed by atoms with Crippen molar-refractivity contribution in [1.29, 1.82) is 0 Å². The molecule has 1 heterocycles. The molecule has 2 rings (SSSR count). The van der Waals surface area contributed by atoms with Gasteiger partial charge in [0.2, 0.25) is 0 Å². The molecule has 0 saturated heterocycles. The predicted octanol–water partition coefficient (Wildman–Crippen LogP) is 1.51. The molecule has 0 aliphatic carbocycles. The van der Waals surface area contributed by atoms with E-state index in [0.29, 0.717) is 0 Å². The first-order valence-electron chi connectivity index (χ1n) is 5.36. The van der Waals surface area contributed by atoms with Crippen LogP contribution in [0.4, 0.5) is 0 Å². The molecule has 0 spiro atoms. The van der Waals surface area contributed by atoms with Crippen molar-refractivity contribution in [3.8, 4) is 5.75 Å². The number of aromatic nitrogens is 2. The van der Waals surface area contributed by atoms with E-state index in [1.54, 1.807) is 7.11 Å². The fraction of sp³-hybridized carbons (Fsp3) is 0.417. The first-order chi connectivity index (χ1) is 7.76. The maximum atomic E-state index is 8.82. The van der Waals surface area contributed by atoms with Gasteiger partial charge in [0, 0.05) is 26.1 Å². The summed E-state index contributed by atoms with van der Waals surface area (Å²) in [5, 5.41) is 8.82.